The molecule has 2 saturated carbocycles. The molecule has 2 aliphatic carbocycles. The molecular weight excluding hydrogens is 503 g/mol. The van der Waals surface area contributed by atoms with Crippen molar-refractivity contribution >= 4 is 29.2 Å². The number of hydrogen-bond acceptors (Lipinski definition) is 7. The number of carbonyl (C=O) groups excluding carboxylic acids is 1. The van der Waals surface area contributed by atoms with Gasteiger partial charge in [0.25, 0.3) is 0 Å². The van der Waals surface area contributed by atoms with E-state index in [4.69, 9.17) is 37.0 Å². The Bertz CT molecular complexity index is 1390. The molecule has 0 saturated heterocycles. The Morgan fingerprint density at radius 1 is 0.889 bits per heavy atom. The van der Waals surface area contributed by atoms with Gasteiger partial charge in [-0.05, 0) is 37.8 Å². The molecule has 186 valence electrons. The predicted octanol–water partition coefficient (Wildman–Crippen LogP) is 7.02. The van der Waals surface area contributed by atoms with Gasteiger partial charge in [-0.1, -0.05) is 69.9 Å². The Morgan fingerprint density at radius 2 is 1.39 bits per heavy atom. The topological polar surface area (TPSA) is 98.6 Å². The summed E-state index contributed by atoms with van der Waals surface area (Å²) in [5.74, 6) is 1.71. The van der Waals surface area contributed by atoms with Gasteiger partial charge in [-0.3, -0.25) is 0 Å². The summed E-state index contributed by atoms with van der Waals surface area (Å²) in [5, 5.41) is 18.7. The second kappa shape index (κ2) is 10.5. The Labute approximate surface area is 217 Å². The first-order valence-corrected chi connectivity index (χ1v) is 12.5. The van der Waals surface area contributed by atoms with Gasteiger partial charge in [0.2, 0.25) is 0 Å². The van der Waals surface area contributed by atoms with Gasteiger partial charge < -0.3 is 18.9 Å². The van der Waals surface area contributed by atoms with Crippen LogP contribution in [0.25, 0.3) is 22.5 Å². The van der Waals surface area contributed by atoms with Crippen LogP contribution in [0.4, 0.5) is 0 Å². The molecule has 0 unspecified atom stereocenters. The summed E-state index contributed by atoms with van der Waals surface area (Å²) < 4.78 is 15.5. The molecule has 2 heterocycles. The number of aliphatic hydroxyl groups is 1. The van der Waals surface area contributed by atoms with Gasteiger partial charge >= 0.3 is 5.97 Å². The van der Waals surface area contributed by atoms with Crippen LogP contribution in [0.1, 0.15) is 65.0 Å². The third-order valence-corrected chi connectivity index (χ3v) is 6.90. The van der Waals surface area contributed by atoms with Crippen LogP contribution in [-0.2, 0) is 11.3 Å². The van der Waals surface area contributed by atoms with E-state index in [2.05, 4.69) is 10.3 Å². The smallest absolute Gasteiger partial charge is 0.343 e. The maximum atomic E-state index is 12.0. The number of aromatic nitrogens is 2. The summed E-state index contributed by atoms with van der Waals surface area (Å²) >= 11 is 12.3. The molecule has 0 radical (unpaired) electrons. The molecule has 0 amide bonds. The van der Waals surface area contributed by atoms with Crippen LogP contribution < -0.4 is 0 Å². The second-order valence-electron chi connectivity index (χ2n) is 8.80. The highest BCUT2D eigenvalue weighted by molar-refractivity contribution is 6.33. The van der Waals surface area contributed by atoms with Crippen LogP contribution in [0.3, 0.4) is 0 Å². The lowest BCUT2D eigenvalue weighted by atomic mass is 10.0. The summed E-state index contributed by atoms with van der Waals surface area (Å²) in [4.78, 5) is 12.0. The molecule has 0 bridgehead atoms. The molecule has 2 aliphatic rings. The quantitative estimate of drug-likeness (QED) is 0.269. The van der Waals surface area contributed by atoms with E-state index < -0.39 is 5.97 Å². The number of methoxy groups -OCH3 is 1. The Balaban J connectivity index is 0.000000149. The molecule has 6 rings (SSSR count). The van der Waals surface area contributed by atoms with Crippen LogP contribution in [0.5, 0.6) is 0 Å². The average molecular weight is 527 g/mol. The Hall–Kier alpha value is -3.13. The van der Waals surface area contributed by atoms with Crippen LogP contribution in [0.15, 0.2) is 57.6 Å². The molecule has 2 aromatic carbocycles. The van der Waals surface area contributed by atoms with Gasteiger partial charge in [0.1, 0.15) is 22.7 Å². The highest BCUT2D eigenvalue weighted by Gasteiger charge is 2.36. The van der Waals surface area contributed by atoms with Crippen molar-refractivity contribution in [2.75, 3.05) is 7.11 Å². The molecule has 36 heavy (non-hydrogen) atoms. The van der Waals surface area contributed by atoms with Gasteiger partial charge in [-0.15, -0.1) is 0 Å². The zero-order valence-corrected chi connectivity index (χ0v) is 21.1. The maximum absolute atomic E-state index is 12.0. The first-order valence-electron chi connectivity index (χ1n) is 11.7. The number of aliphatic hydroxyl groups excluding tert-OH is 1. The first kappa shape index (κ1) is 24.6. The normalized spacial score (nSPS) is 14.8. The van der Waals surface area contributed by atoms with E-state index in [9.17, 15) is 9.90 Å². The first-order chi connectivity index (χ1) is 17.5. The summed E-state index contributed by atoms with van der Waals surface area (Å²) in [6.07, 6.45) is 4.26. The highest BCUT2D eigenvalue weighted by Crippen LogP contribution is 2.45. The van der Waals surface area contributed by atoms with E-state index in [-0.39, 0.29) is 12.5 Å². The number of ether oxygens (including phenoxy) is 1. The molecule has 2 aromatic heterocycles. The fourth-order valence-electron chi connectivity index (χ4n) is 4.07. The summed E-state index contributed by atoms with van der Waals surface area (Å²) in [5.41, 5.74) is 3.80. The SMILES string of the molecule is COC(=O)c1c(-c2ccccc2Cl)noc1C1CC1.OCc1c(-c2ccccc2Cl)noc1C1CC1. The lowest BCUT2D eigenvalue weighted by molar-refractivity contribution is 0.0599. The summed E-state index contributed by atoms with van der Waals surface area (Å²) in [6.45, 7) is -0.0596. The number of halogens is 2. The van der Waals surface area contributed by atoms with Crippen LogP contribution in [0.2, 0.25) is 10.0 Å². The Kier molecular flexibility index (Phi) is 7.14. The number of esters is 1. The molecule has 9 heteroatoms. The lowest BCUT2D eigenvalue weighted by Crippen LogP contribution is -2.04. The van der Waals surface area contributed by atoms with Crippen molar-refractivity contribution in [3.05, 3.63) is 81.2 Å². The predicted molar refractivity (Wildman–Crippen MR) is 135 cm³/mol. The van der Waals surface area contributed by atoms with Crippen LogP contribution >= 0.6 is 23.2 Å². The van der Waals surface area contributed by atoms with Crippen molar-refractivity contribution in [3.8, 4) is 22.5 Å². The van der Waals surface area contributed by atoms with E-state index in [1.54, 1.807) is 6.07 Å². The molecule has 0 aliphatic heterocycles. The van der Waals surface area contributed by atoms with Crippen molar-refractivity contribution in [1.82, 2.24) is 10.3 Å². The third kappa shape index (κ3) is 4.91. The van der Waals surface area contributed by atoms with Gasteiger partial charge in [0.05, 0.1) is 23.8 Å². The van der Waals surface area contributed by atoms with Crippen molar-refractivity contribution in [3.63, 3.8) is 0 Å². The number of benzene rings is 2. The van der Waals surface area contributed by atoms with Gasteiger partial charge in [0, 0.05) is 28.5 Å². The minimum Gasteiger partial charge on any atom is -0.465 e. The van der Waals surface area contributed by atoms with Gasteiger partial charge in [-0.25, -0.2) is 4.79 Å². The largest absolute Gasteiger partial charge is 0.465 e. The molecule has 7 nitrogen and oxygen atoms in total. The highest BCUT2D eigenvalue weighted by atomic mass is 35.5. The fourth-order valence-corrected chi connectivity index (χ4v) is 4.52. The monoisotopic (exact) mass is 526 g/mol. The summed E-state index contributed by atoms with van der Waals surface area (Å²) in [7, 11) is 1.35. The minimum atomic E-state index is -0.432. The van der Waals surface area contributed by atoms with Crippen LogP contribution in [0, 0.1) is 0 Å². The van der Waals surface area contributed by atoms with E-state index in [0.29, 0.717) is 44.2 Å². The zero-order valence-electron chi connectivity index (χ0n) is 19.5. The van der Waals surface area contributed by atoms with Crippen molar-refractivity contribution < 1.29 is 23.7 Å². The Morgan fingerprint density at radius 3 is 1.92 bits per heavy atom. The van der Waals surface area contributed by atoms with Crippen molar-refractivity contribution in [2.24, 2.45) is 0 Å². The summed E-state index contributed by atoms with van der Waals surface area (Å²) in [6, 6.07) is 14.7. The number of nitrogens with zero attached hydrogens (tertiary/aromatic N) is 2. The molecule has 0 atom stereocenters. The minimum absolute atomic E-state index is 0.0596. The van der Waals surface area contributed by atoms with Gasteiger partial charge in [0.15, 0.2) is 5.76 Å². The molecule has 2 fully saturated rings. The number of rotatable bonds is 6. The molecule has 1 N–H and O–H groups in total. The lowest BCUT2D eigenvalue weighted by Gasteiger charge is -2.03. The maximum Gasteiger partial charge on any atom is 0.343 e. The van der Waals surface area contributed by atoms with Crippen LogP contribution in [-0.4, -0.2) is 28.5 Å². The van der Waals surface area contributed by atoms with E-state index >= 15 is 0 Å². The number of hydrogen-bond donors (Lipinski definition) is 1. The second-order valence-corrected chi connectivity index (χ2v) is 9.62. The molecule has 4 aromatic rings. The van der Waals surface area contributed by atoms with E-state index in [1.807, 2.05) is 42.5 Å². The molecular formula is C27H24Cl2N2O5. The standard InChI is InChI=1S/C14H12ClNO3.C13H12ClNO2/c1-18-14(17)11-12(9-4-2-3-5-10(9)15)16-19-13(11)8-6-7-8;14-11-4-2-1-3-9(11)12-10(7-16)13(17-15-12)8-5-6-8/h2-5,8H,6-7H2,1H3;1-4,8,16H,5-7H2. The zero-order chi connectivity index (χ0) is 25.2. The average Bonchev–Trinajstić information content (AvgIpc) is 3.84. The van der Waals surface area contributed by atoms with Crippen molar-refractivity contribution in [2.45, 2.75) is 44.1 Å². The number of carbonyl (C=O) groups is 1. The van der Waals surface area contributed by atoms with Gasteiger partial charge in [-0.2, -0.15) is 0 Å². The fraction of sp³-hybridized carbons (Fsp3) is 0.296. The molecule has 0 spiro atoms. The van der Waals surface area contributed by atoms with Crippen molar-refractivity contribution in [1.29, 1.82) is 0 Å². The van der Waals surface area contributed by atoms with E-state index in [0.717, 1.165) is 42.6 Å². The third-order valence-electron chi connectivity index (χ3n) is 6.24. The van der Waals surface area contributed by atoms with E-state index in [1.165, 1.54) is 7.11 Å².